The molecule has 0 aromatic heterocycles. The Kier molecular flexibility index (Phi) is 7.76. The molecular formula is C13H26N2O3. The van der Waals surface area contributed by atoms with Crippen LogP contribution in [-0.2, 0) is 4.74 Å². The van der Waals surface area contributed by atoms with Gasteiger partial charge < -0.3 is 20.5 Å². The summed E-state index contributed by atoms with van der Waals surface area (Å²) in [5.74, 6) is 0.581. The van der Waals surface area contributed by atoms with Crippen molar-refractivity contribution in [2.24, 2.45) is 5.92 Å². The maximum absolute atomic E-state index is 11.6. The molecule has 0 spiro atoms. The number of nitrogens with one attached hydrogen (secondary N) is 2. The fourth-order valence-electron chi connectivity index (χ4n) is 2.29. The van der Waals surface area contributed by atoms with E-state index >= 15 is 0 Å². The van der Waals surface area contributed by atoms with Crippen LogP contribution in [0.3, 0.4) is 0 Å². The molecule has 0 bridgehead atoms. The monoisotopic (exact) mass is 258 g/mol. The topological polar surface area (TPSA) is 70.6 Å². The van der Waals surface area contributed by atoms with Crippen molar-refractivity contribution in [1.29, 1.82) is 0 Å². The molecule has 0 aromatic rings. The summed E-state index contributed by atoms with van der Waals surface area (Å²) in [7, 11) is 0. The number of aliphatic hydroxyl groups is 1. The summed E-state index contributed by atoms with van der Waals surface area (Å²) in [4.78, 5) is 11.6. The summed E-state index contributed by atoms with van der Waals surface area (Å²) in [5, 5.41) is 14.4. The van der Waals surface area contributed by atoms with E-state index in [9.17, 15) is 4.79 Å². The van der Waals surface area contributed by atoms with Gasteiger partial charge in [-0.25, -0.2) is 4.79 Å². The van der Waals surface area contributed by atoms with Crippen LogP contribution >= 0.6 is 0 Å². The Morgan fingerprint density at radius 1 is 1.33 bits per heavy atom. The highest BCUT2D eigenvalue weighted by molar-refractivity contribution is 5.74. The summed E-state index contributed by atoms with van der Waals surface area (Å²) in [5.41, 5.74) is 0. The number of hydrogen-bond donors (Lipinski definition) is 3. The first-order chi connectivity index (χ1) is 8.74. The summed E-state index contributed by atoms with van der Waals surface area (Å²) in [6, 6.07) is 0.250. The molecule has 0 aliphatic heterocycles. The number of rotatable bonds is 7. The molecule has 0 saturated heterocycles. The largest absolute Gasteiger partial charge is 0.394 e. The second-order valence-electron chi connectivity index (χ2n) is 4.96. The van der Waals surface area contributed by atoms with E-state index in [0.29, 0.717) is 31.7 Å². The van der Waals surface area contributed by atoms with Crippen LogP contribution in [0.2, 0.25) is 0 Å². The first kappa shape index (κ1) is 15.2. The second-order valence-corrected chi connectivity index (χ2v) is 4.96. The predicted molar refractivity (Wildman–Crippen MR) is 70.5 cm³/mol. The molecule has 2 amide bonds. The van der Waals surface area contributed by atoms with E-state index in [1.54, 1.807) is 0 Å². The van der Waals surface area contributed by atoms with Gasteiger partial charge in [0.05, 0.1) is 13.2 Å². The predicted octanol–water partition coefficient (Wildman–Crippen LogP) is 1.26. The van der Waals surface area contributed by atoms with Gasteiger partial charge in [-0.05, 0) is 25.2 Å². The molecule has 1 aliphatic carbocycles. The zero-order valence-electron chi connectivity index (χ0n) is 11.3. The van der Waals surface area contributed by atoms with Gasteiger partial charge >= 0.3 is 6.03 Å². The minimum absolute atomic E-state index is 0.0491. The number of carbonyl (C=O) groups excluding carboxylic acids is 1. The van der Waals surface area contributed by atoms with Crippen molar-refractivity contribution in [2.45, 2.75) is 45.1 Å². The van der Waals surface area contributed by atoms with E-state index in [1.165, 1.54) is 19.3 Å². The Hall–Kier alpha value is -0.810. The lowest BCUT2D eigenvalue weighted by Gasteiger charge is -2.29. The van der Waals surface area contributed by atoms with Crippen molar-refractivity contribution in [2.75, 3.05) is 26.4 Å². The van der Waals surface area contributed by atoms with E-state index in [-0.39, 0.29) is 12.6 Å². The quantitative estimate of drug-likeness (QED) is 0.602. The SMILES string of the molecule is CC1CCCCC1NC(=O)NCCCOCCO. The van der Waals surface area contributed by atoms with Crippen molar-refractivity contribution >= 4 is 6.03 Å². The maximum atomic E-state index is 11.6. The van der Waals surface area contributed by atoms with Gasteiger partial charge in [0, 0.05) is 19.2 Å². The first-order valence-electron chi connectivity index (χ1n) is 6.97. The van der Waals surface area contributed by atoms with Gasteiger partial charge in [-0.1, -0.05) is 19.8 Å². The molecule has 1 aliphatic rings. The average molecular weight is 258 g/mol. The summed E-state index contributed by atoms with van der Waals surface area (Å²) < 4.78 is 5.11. The Bertz CT molecular complexity index is 236. The molecule has 1 rings (SSSR count). The molecule has 2 unspecified atom stereocenters. The number of ether oxygens (including phenoxy) is 1. The fraction of sp³-hybridized carbons (Fsp3) is 0.923. The summed E-state index contributed by atoms with van der Waals surface area (Å²) in [6.07, 6.45) is 5.56. The van der Waals surface area contributed by atoms with Crippen LogP contribution < -0.4 is 10.6 Å². The number of amides is 2. The minimum Gasteiger partial charge on any atom is -0.394 e. The Labute approximate surface area is 109 Å². The van der Waals surface area contributed by atoms with Crippen LogP contribution in [0.4, 0.5) is 4.79 Å². The molecule has 0 radical (unpaired) electrons. The van der Waals surface area contributed by atoms with Gasteiger partial charge in [0.25, 0.3) is 0 Å². The Balaban J connectivity index is 2.02. The standard InChI is InChI=1S/C13H26N2O3/c1-11-5-2-3-6-12(11)15-13(17)14-7-4-9-18-10-8-16/h11-12,16H,2-10H2,1H3,(H2,14,15,17). The van der Waals surface area contributed by atoms with E-state index in [0.717, 1.165) is 12.8 Å². The zero-order chi connectivity index (χ0) is 13.2. The van der Waals surface area contributed by atoms with Crippen LogP contribution in [0, 0.1) is 5.92 Å². The van der Waals surface area contributed by atoms with Gasteiger partial charge in [0.2, 0.25) is 0 Å². The second kappa shape index (κ2) is 9.16. The molecule has 0 heterocycles. The molecular weight excluding hydrogens is 232 g/mol. The average Bonchev–Trinajstić information content (AvgIpc) is 2.36. The minimum atomic E-state index is -0.0732. The van der Waals surface area contributed by atoms with Gasteiger partial charge in [-0.3, -0.25) is 0 Å². The van der Waals surface area contributed by atoms with Gasteiger partial charge in [-0.15, -0.1) is 0 Å². The molecule has 106 valence electrons. The van der Waals surface area contributed by atoms with Crippen molar-refractivity contribution < 1.29 is 14.6 Å². The normalized spacial score (nSPS) is 23.7. The maximum Gasteiger partial charge on any atom is 0.315 e. The van der Waals surface area contributed by atoms with Crippen LogP contribution in [0.1, 0.15) is 39.0 Å². The van der Waals surface area contributed by atoms with Crippen LogP contribution in [0.25, 0.3) is 0 Å². The molecule has 3 N–H and O–H groups in total. The first-order valence-corrected chi connectivity index (χ1v) is 6.97. The highest BCUT2D eigenvalue weighted by atomic mass is 16.5. The fourth-order valence-corrected chi connectivity index (χ4v) is 2.29. The number of urea groups is 1. The number of carbonyl (C=O) groups is 1. The van der Waals surface area contributed by atoms with E-state index in [2.05, 4.69) is 17.6 Å². The van der Waals surface area contributed by atoms with Crippen molar-refractivity contribution in [3.8, 4) is 0 Å². The molecule has 1 saturated carbocycles. The lowest BCUT2D eigenvalue weighted by atomic mass is 9.86. The number of aliphatic hydroxyl groups excluding tert-OH is 1. The highest BCUT2D eigenvalue weighted by Crippen LogP contribution is 2.23. The molecule has 5 heteroatoms. The Morgan fingerprint density at radius 3 is 2.83 bits per heavy atom. The lowest BCUT2D eigenvalue weighted by molar-refractivity contribution is 0.0909. The third kappa shape index (κ3) is 6.21. The smallest absolute Gasteiger partial charge is 0.315 e. The summed E-state index contributed by atoms with van der Waals surface area (Å²) >= 11 is 0. The van der Waals surface area contributed by atoms with Crippen molar-refractivity contribution in [3.63, 3.8) is 0 Å². The van der Waals surface area contributed by atoms with Gasteiger partial charge in [0.1, 0.15) is 0 Å². The highest BCUT2D eigenvalue weighted by Gasteiger charge is 2.22. The van der Waals surface area contributed by atoms with Crippen LogP contribution in [-0.4, -0.2) is 43.5 Å². The van der Waals surface area contributed by atoms with E-state index in [1.807, 2.05) is 0 Å². The third-order valence-corrected chi connectivity index (χ3v) is 3.41. The van der Waals surface area contributed by atoms with Crippen molar-refractivity contribution in [1.82, 2.24) is 10.6 Å². The molecule has 1 fully saturated rings. The van der Waals surface area contributed by atoms with Crippen LogP contribution in [0.5, 0.6) is 0 Å². The molecule has 5 nitrogen and oxygen atoms in total. The Morgan fingerprint density at radius 2 is 2.11 bits per heavy atom. The molecule has 0 aromatic carbocycles. The van der Waals surface area contributed by atoms with Gasteiger partial charge in [-0.2, -0.15) is 0 Å². The molecule has 18 heavy (non-hydrogen) atoms. The van der Waals surface area contributed by atoms with E-state index in [4.69, 9.17) is 9.84 Å². The number of hydrogen-bond acceptors (Lipinski definition) is 3. The zero-order valence-corrected chi connectivity index (χ0v) is 11.3. The third-order valence-electron chi connectivity index (χ3n) is 3.41. The van der Waals surface area contributed by atoms with Gasteiger partial charge in [0.15, 0.2) is 0 Å². The lowest BCUT2D eigenvalue weighted by Crippen LogP contribution is -2.46. The van der Waals surface area contributed by atoms with E-state index < -0.39 is 0 Å². The molecule has 2 atom stereocenters. The van der Waals surface area contributed by atoms with Crippen molar-refractivity contribution in [3.05, 3.63) is 0 Å². The summed E-state index contributed by atoms with van der Waals surface area (Å²) in [6.45, 7) is 3.80. The van der Waals surface area contributed by atoms with Crippen LogP contribution in [0.15, 0.2) is 0 Å².